The lowest BCUT2D eigenvalue weighted by atomic mass is 10.1. The van der Waals surface area contributed by atoms with E-state index in [4.69, 9.17) is 0 Å². The van der Waals surface area contributed by atoms with Crippen LogP contribution in [0.25, 0.3) is 0 Å². The highest BCUT2D eigenvalue weighted by atomic mass is 16.2. The summed E-state index contributed by atoms with van der Waals surface area (Å²) in [5.74, 6) is -0.144. The molecule has 1 saturated heterocycles. The zero-order valence-corrected chi connectivity index (χ0v) is 16.0. The Balaban J connectivity index is 1.54. The number of nitrogens with zero attached hydrogens (tertiary/aromatic N) is 1. The number of anilines is 2. The monoisotopic (exact) mass is 365 g/mol. The van der Waals surface area contributed by atoms with Gasteiger partial charge in [-0.05, 0) is 75.2 Å². The second kappa shape index (κ2) is 8.82. The predicted molar refractivity (Wildman–Crippen MR) is 109 cm³/mol. The summed E-state index contributed by atoms with van der Waals surface area (Å²) in [5, 5.41) is 5.88. The maximum atomic E-state index is 12.5. The molecule has 0 aromatic heterocycles. The first-order valence-corrected chi connectivity index (χ1v) is 9.53. The zero-order valence-electron chi connectivity index (χ0n) is 16.0. The van der Waals surface area contributed by atoms with E-state index in [-0.39, 0.29) is 11.8 Å². The van der Waals surface area contributed by atoms with Crippen molar-refractivity contribution in [3.8, 4) is 0 Å². The van der Waals surface area contributed by atoms with E-state index in [1.165, 1.54) is 12.8 Å². The summed E-state index contributed by atoms with van der Waals surface area (Å²) in [7, 11) is 0. The molecule has 2 amide bonds. The van der Waals surface area contributed by atoms with Crippen molar-refractivity contribution in [2.75, 3.05) is 30.3 Å². The van der Waals surface area contributed by atoms with Crippen LogP contribution in [0.15, 0.2) is 42.5 Å². The molecule has 1 aliphatic rings. The first kappa shape index (κ1) is 19.1. The number of aryl methyl sites for hydroxylation is 2. The summed E-state index contributed by atoms with van der Waals surface area (Å²) in [6, 6.07) is 12.9. The van der Waals surface area contributed by atoms with Crippen LogP contribution in [-0.4, -0.2) is 36.3 Å². The van der Waals surface area contributed by atoms with Crippen molar-refractivity contribution in [3.05, 3.63) is 59.2 Å². The predicted octanol–water partition coefficient (Wildman–Crippen LogP) is 3.98. The van der Waals surface area contributed by atoms with Crippen LogP contribution in [0.2, 0.25) is 0 Å². The fraction of sp³-hybridized carbons (Fsp3) is 0.364. The largest absolute Gasteiger partial charge is 0.326 e. The van der Waals surface area contributed by atoms with Crippen molar-refractivity contribution in [1.29, 1.82) is 0 Å². The van der Waals surface area contributed by atoms with Crippen molar-refractivity contribution in [2.45, 2.75) is 33.1 Å². The number of nitrogens with one attached hydrogen (secondary N) is 2. The van der Waals surface area contributed by atoms with Crippen LogP contribution in [0.3, 0.4) is 0 Å². The molecule has 0 aliphatic carbocycles. The molecule has 0 radical (unpaired) electrons. The molecule has 0 atom stereocenters. The topological polar surface area (TPSA) is 61.4 Å². The Morgan fingerprint density at radius 1 is 0.926 bits per heavy atom. The molecule has 1 aliphatic heterocycles. The number of benzene rings is 2. The molecule has 27 heavy (non-hydrogen) atoms. The minimum atomic E-state index is -0.153. The van der Waals surface area contributed by atoms with Crippen LogP contribution in [0.4, 0.5) is 11.4 Å². The molecule has 1 fully saturated rings. The number of carbonyl (C=O) groups is 2. The highest BCUT2D eigenvalue weighted by Crippen LogP contribution is 2.21. The Kier molecular flexibility index (Phi) is 6.24. The summed E-state index contributed by atoms with van der Waals surface area (Å²) < 4.78 is 0. The molecule has 0 bridgehead atoms. The van der Waals surface area contributed by atoms with E-state index in [2.05, 4.69) is 15.5 Å². The van der Waals surface area contributed by atoms with E-state index in [0.29, 0.717) is 17.7 Å². The first-order chi connectivity index (χ1) is 13.0. The molecule has 5 heteroatoms. The van der Waals surface area contributed by atoms with Gasteiger partial charge in [0.1, 0.15) is 0 Å². The van der Waals surface area contributed by atoms with Gasteiger partial charge in [-0.25, -0.2) is 0 Å². The van der Waals surface area contributed by atoms with E-state index < -0.39 is 0 Å². The minimum Gasteiger partial charge on any atom is -0.326 e. The molecule has 2 aromatic rings. The van der Waals surface area contributed by atoms with E-state index >= 15 is 0 Å². The summed E-state index contributed by atoms with van der Waals surface area (Å²) in [4.78, 5) is 26.9. The van der Waals surface area contributed by atoms with Crippen molar-refractivity contribution in [1.82, 2.24) is 4.90 Å². The van der Waals surface area contributed by atoms with E-state index in [1.54, 1.807) is 24.3 Å². The fourth-order valence-corrected chi connectivity index (χ4v) is 3.39. The van der Waals surface area contributed by atoms with Gasteiger partial charge in [0.15, 0.2) is 0 Å². The lowest BCUT2D eigenvalue weighted by molar-refractivity contribution is -0.116. The molecule has 142 valence electrons. The number of para-hydroxylation sites is 1. The van der Waals surface area contributed by atoms with Crippen LogP contribution in [0.1, 0.15) is 40.7 Å². The third-order valence-corrected chi connectivity index (χ3v) is 5.00. The standard InChI is InChI=1S/C22H27N3O2/c1-16-6-5-7-17(2)21(16)24-22(27)18-8-10-19(11-9-18)23-20(26)12-15-25-13-3-4-14-25/h5-11H,3-4,12-15H2,1-2H3,(H,23,26)(H,24,27). The second-order valence-electron chi connectivity index (χ2n) is 7.15. The average molecular weight is 365 g/mol. The maximum Gasteiger partial charge on any atom is 0.255 e. The lowest BCUT2D eigenvalue weighted by Gasteiger charge is -2.14. The SMILES string of the molecule is Cc1cccc(C)c1NC(=O)c1ccc(NC(=O)CCN2CCCC2)cc1. The van der Waals surface area contributed by atoms with Crippen molar-refractivity contribution >= 4 is 23.2 Å². The molecule has 3 rings (SSSR count). The third kappa shape index (κ3) is 5.17. The van der Waals surface area contributed by atoms with Crippen LogP contribution in [-0.2, 0) is 4.79 Å². The normalized spacial score (nSPS) is 14.1. The molecular weight excluding hydrogens is 338 g/mol. The van der Waals surface area contributed by atoms with Gasteiger partial charge in [0.25, 0.3) is 5.91 Å². The van der Waals surface area contributed by atoms with Crippen molar-refractivity contribution in [3.63, 3.8) is 0 Å². The number of hydrogen-bond donors (Lipinski definition) is 2. The molecular formula is C22H27N3O2. The molecule has 2 aromatic carbocycles. The van der Waals surface area contributed by atoms with Gasteiger partial charge in [0, 0.05) is 29.9 Å². The second-order valence-corrected chi connectivity index (χ2v) is 7.15. The number of carbonyl (C=O) groups excluding carboxylic acids is 2. The van der Waals surface area contributed by atoms with E-state index in [0.717, 1.165) is 36.4 Å². The highest BCUT2D eigenvalue weighted by Gasteiger charge is 2.13. The molecule has 0 unspecified atom stereocenters. The van der Waals surface area contributed by atoms with E-state index in [9.17, 15) is 9.59 Å². The number of likely N-dealkylation sites (tertiary alicyclic amines) is 1. The summed E-state index contributed by atoms with van der Waals surface area (Å²) in [6.07, 6.45) is 2.95. The Labute approximate surface area is 160 Å². The summed E-state index contributed by atoms with van der Waals surface area (Å²) in [5.41, 5.74) is 4.19. The minimum absolute atomic E-state index is 0.00892. The lowest BCUT2D eigenvalue weighted by Crippen LogP contribution is -2.25. The van der Waals surface area contributed by atoms with Gasteiger partial charge in [0.05, 0.1) is 0 Å². The molecule has 2 N–H and O–H groups in total. The zero-order chi connectivity index (χ0) is 19.2. The van der Waals surface area contributed by atoms with Crippen LogP contribution < -0.4 is 10.6 Å². The fourth-order valence-electron chi connectivity index (χ4n) is 3.39. The number of amides is 2. The van der Waals surface area contributed by atoms with Gasteiger partial charge in [-0.3, -0.25) is 9.59 Å². The van der Waals surface area contributed by atoms with Gasteiger partial charge < -0.3 is 15.5 Å². The number of rotatable bonds is 6. The van der Waals surface area contributed by atoms with Gasteiger partial charge in [0.2, 0.25) is 5.91 Å². The van der Waals surface area contributed by atoms with Crippen molar-refractivity contribution < 1.29 is 9.59 Å². The summed E-state index contributed by atoms with van der Waals surface area (Å²) >= 11 is 0. The van der Waals surface area contributed by atoms with Crippen LogP contribution in [0, 0.1) is 13.8 Å². The van der Waals surface area contributed by atoms with Gasteiger partial charge >= 0.3 is 0 Å². The molecule has 0 spiro atoms. The highest BCUT2D eigenvalue weighted by molar-refractivity contribution is 6.05. The quantitative estimate of drug-likeness (QED) is 0.814. The van der Waals surface area contributed by atoms with Gasteiger partial charge in [-0.15, -0.1) is 0 Å². The third-order valence-electron chi connectivity index (χ3n) is 5.00. The smallest absolute Gasteiger partial charge is 0.255 e. The maximum absolute atomic E-state index is 12.5. The van der Waals surface area contributed by atoms with Crippen LogP contribution in [0.5, 0.6) is 0 Å². The van der Waals surface area contributed by atoms with Crippen molar-refractivity contribution in [2.24, 2.45) is 0 Å². The Morgan fingerprint density at radius 2 is 1.56 bits per heavy atom. The summed E-state index contributed by atoms with van der Waals surface area (Å²) in [6.45, 7) is 6.95. The van der Waals surface area contributed by atoms with Crippen LogP contribution >= 0.6 is 0 Å². The van der Waals surface area contributed by atoms with E-state index in [1.807, 2.05) is 32.0 Å². The Hall–Kier alpha value is -2.66. The molecule has 1 heterocycles. The Morgan fingerprint density at radius 3 is 2.19 bits per heavy atom. The number of hydrogen-bond acceptors (Lipinski definition) is 3. The Bertz CT molecular complexity index is 789. The van der Waals surface area contributed by atoms with Gasteiger partial charge in [-0.2, -0.15) is 0 Å². The average Bonchev–Trinajstić information content (AvgIpc) is 3.17. The molecule has 0 saturated carbocycles. The van der Waals surface area contributed by atoms with Gasteiger partial charge in [-0.1, -0.05) is 18.2 Å². The molecule has 5 nitrogen and oxygen atoms in total. The first-order valence-electron chi connectivity index (χ1n) is 9.53.